The number of ether oxygens (including phenoxy) is 1. The summed E-state index contributed by atoms with van der Waals surface area (Å²) in [6, 6.07) is 10.2. The summed E-state index contributed by atoms with van der Waals surface area (Å²) in [4.78, 5) is 11.7. The topological polar surface area (TPSA) is 107 Å². The van der Waals surface area contributed by atoms with Crippen LogP contribution in [0.5, 0.6) is 0 Å². The summed E-state index contributed by atoms with van der Waals surface area (Å²) >= 11 is 0. The Balaban J connectivity index is 1.61. The van der Waals surface area contributed by atoms with E-state index in [1.54, 1.807) is 0 Å². The van der Waals surface area contributed by atoms with Crippen molar-refractivity contribution < 1.29 is 30.0 Å². The molecule has 1 saturated carbocycles. The Kier molecular flexibility index (Phi) is 13.3. The van der Waals surface area contributed by atoms with E-state index in [4.69, 9.17) is 14.9 Å². The zero-order valence-corrected chi connectivity index (χ0v) is 19.7. The van der Waals surface area contributed by atoms with Crippen LogP contribution < -0.4 is 0 Å². The van der Waals surface area contributed by atoms with Gasteiger partial charge in [-0.05, 0) is 75.2 Å². The Morgan fingerprint density at radius 2 is 1.85 bits per heavy atom. The highest BCUT2D eigenvalue weighted by atomic mass is 16.5. The molecule has 1 aliphatic rings. The normalized spacial score (nSPS) is 21.7. The number of aliphatic hydroxyl groups is 4. The second-order valence-corrected chi connectivity index (χ2v) is 9.34. The van der Waals surface area contributed by atoms with Gasteiger partial charge in [0.1, 0.15) is 0 Å². The number of hydrogen-bond acceptors (Lipinski definition) is 6. The molecule has 1 aromatic carbocycles. The van der Waals surface area contributed by atoms with Crippen LogP contribution in [0, 0.1) is 17.8 Å². The molecule has 1 fully saturated rings. The lowest BCUT2D eigenvalue weighted by Gasteiger charge is -2.22. The maximum atomic E-state index is 11.7. The van der Waals surface area contributed by atoms with Gasteiger partial charge in [0, 0.05) is 12.3 Å². The number of carbonyl (C=O) groups excluding carboxylic acids is 1. The van der Waals surface area contributed by atoms with Gasteiger partial charge in [-0.25, -0.2) is 0 Å². The molecule has 4 atom stereocenters. The van der Waals surface area contributed by atoms with Crippen molar-refractivity contribution in [3.05, 3.63) is 48.0 Å². The Morgan fingerprint density at radius 1 is 1.09 bits per heavy atom. The molecule has 0 amide bonds. The van der Waals surface area contributed by atoms with Gasteiger partial charge in [-0.2, -0.15) is 0 Å². The fraction of sp³-hybridized carbons (Fsp3) is 0.667. The van der Waals surface area contributed by atoms with Crippen molar-refractivity contribution in [3.63, 3.8) is 0 Å². The van der Waals surface area contributed by atoms with Crippen molar-refractivity contribution >= 4 is 5.97 Å². The van der Waals surface area contributed by atoms with E-state index in [9.17, 15) is 15.0 Å². The van der Waals surface area contributed by atoms with Crippen molar-refractivity contribution in [1.82, 2.24) is 0 Å². The number of carbonyl (C=O) groups is 1. The molecule has 0 heterocycles. The van der Waals surface area contributed by atoms with Crippen LogP contribution in [0.3, 0.4) is 0 Å². The first-order valence-corrected chi connectivity index (χ1v) is 12.5. The van der Waals surface area contributed by atoms with Crippen LogP contribution in [0.4, 0.5) is 0 Å². The van der Waals surface area contributed by atoms with Crippen molar-refractivity contribution in [2.75, 3.05) is 19.8 Å². The number of aliphatic hydroxyl groups excluding tert-OH is 4. The van der Waals surface area contributed by atoms with E-state index in [0.717, 1.165) is 51.4 Å². The number of rotatable bonds is 16. The van der Waals surface area contributed by atoms with E-state index in [1.807, 2.05) is 18.2 Å². The molecule has 186 valence electrons. The standard InChI is InChI=1S/C27H42O6/c28-18-22(19-29)20-33-27(32)11-7-2-1-6-10-25-23(14-17-26(25)31)13-16-24(30)15-12-21-8-4-3-5-9-21/h1,3-6,8-9,22-26,28-31H,2,7,10-20H2/b6-1-/t23-,24-,25+,26-/m0/s1. The third-order valence-electron chi connectivity index (χ3n) is 6.74. The fourth-order valence-corrected chi connectivity index (χ4v) is 4.55. The van der Waals surface area contributed by atoms with Crippen LogP contribution in [0.1, 0.15) is 63.4 Å². The summed E-state index contributed by atoms with van der Waals surface area (Å²) in [6.07, 6.45) is 11.4. The number of benzene rings is 1. The van der Waals surface area contributed by atoms with E-state index in [2.05, 4.69) is 24.3 Å². The maximum Gasteiger partial charge on any atom is 0.305 e. The van der Waals surface area contributed by atoms with Gasteiger partial charge >= 0.3 is 5.97 Å². The quantitative estimate of drug-likeness (QED) is 0.170. The minimum Gasteiger partial charge on any atom is -0.465 e. The lowest BCUT2D eigenvalue weighted by Crippen LogP contribution is -2.20. The van der Waals surface area contributed by atoms with Crippen molar-refractivity contribution in [3.8, 4) is 0 Å². The average molecular weight is 463 g/mol. The zero-order chi connectivity index (χ0) is 23.9. The van der Waals surface area contributed by atoms with Crippen LogP contribution in [-0.4, -0.2) is 58.4 Å². The Hall–Kier alpha value is -1.73. The SMILES string of the molecule is O=C(CCC/C=C\C[C@@H]1[C@@H](CC[C@@H](O)CCc2ccccc2)CC[C@@H]1O)OCC(CO)CO. The highest BCUT2D eigenvalue weighted by Crippen LogP contribution is 2.38. The Morgan fingerprint density at radius 3 is 2.58 bits per heavy atom. The molecule has 1 aromatic rings. The van der Waals surface area contributed by atoms with E-state index >= 15 is 0 Å². The van der Waals surface area contributed by atoms with E-state index in [-0.39, 0.29) is 43.9 Å². The molecule has 0 spiro atoms. The lowest BCUT2D eigenvalue weighted by atomic mass is 9.86. The van der Waals surface area contributed by atoms with Gasteiger partial charge < -0.3 is 25.2 Å². The third kappa shape index (κ3) is 10.8. The van der Waals surface area contributed by atoms with E-state index in [0.29, 0.717) is 18.8 Å². The van der Waals surface area contributed by atoms with Gasteiger partial charge in [0.05, 0.1) is 32.0 Å². The van der Waals surface area contributed by atoms with Crippen LogP contribution in [0.25, 0.3) is 0 Å². The molecule has 0 saturated heterocycles. The van der Waals surface area contributed by atoms with Gasteiger partial charge in [0.25, 0.3) is 0 Å². The van der Waals surface area contributed by atoms with Crippen LogP contribution in [-0.2, 0) is 16.0 Å². The maximum absolute atomic E-state index is 11.7. The molecule has 0 bridgehead atoms. The highest BCUT2D eigenvalue weighted by molar-refractivity contribution is 5.69. The zero-order valence-electron chi connectivity index (χ0n) is 19.7. The highest BCUT2D eigenvalue weighted by Gasteiger charge is 2.33. The van der Waals surface area contributed by atoms with Gasteiger partial charge in [-0.1, -0.05) is 42.5 Å². The van der Waals surface area contributed by atoms with Crippen molar-refractivity contribution in [2.45, 2.75) is 76.4 Å². The lowest BCUT2D eigenvalue weighted by molar-refractivity contribution is -0.145. The van der Waals surface area contributed by atoms with Crippen molar-refractivity contribution in [2.24, 2.45) is 17.8 Å². The number of unbranched alkanes of at least 4 members (excludes halogenated alkanes) is 1. The minimum atomic E-state index is -0.412. The smallest absolute Gasteiger partial charge is 0.305 e. The van der Waals surface area contributed by atoms with Crippen LogP contribution in [0.15, 0.2) is 42.5 Å². The molecule has 0 radical (unpaired) electrons. The summed E-state index contributed by atoms with van der Waals surface area (Å²) in [5.41, 5.74) is 1.25. The second kappa shape index (κ2) is 16.0. The second-order valence-electron chi connectivity index (χ2n) is 9.34. The largest absolute Gasteiger partial charge is 0.465 e. The van der Waals surface area contributed by atoms with Gasteiger partial charge in [0.15, 0.2) is 0 Å². The number of aryl methyl sites for hydroxylation is 1. The molecule has 2 rings (SSSR count). The molecule has 6 nitrogen and oxygen atoms in total. The third-order valence-corrected chi connectivity index (χ3v) is 6.74. The molecular formula is C27H42O6. The number of allylic oxidation sites excluding steroid dienone is 2. The monoisotopic (exact) mass is 462 g/mol. The molecule has 1 aliphatic carbocycles. The summed E-state index contributed by atoms with van der Waals surface area (Å²) in [6.45, 7) is -0.357. The van der Waals surface area contributed by atoms with Crippen molar-refractivity contribution in [1.29, 1.82) is 0 Å². The summed E-state index contributed by atoms with van der Waals surface area (Å²) < 4.78 is 5.05. The minimum absolute atomic E-state index is 0.0452. The van der Waals surface area contributed by atoms with Gasteiger partial charge in [-0.15, -0.1) is 0 Å². The first-order valence-electron chi connectivity index (χ1n) is 12.5. The van der Waals surface area contributed by atoms with Crippen LogP contribution >= 0.6 is 0 Å². The van der Waals surface area contributed by atoms with Gasteiger partial charge in [0.2, 0.25) is 0 Å². The molecule has 0 unspecified atom stereocenters. The molecular weight excluding hydrogens is 420 g/mol. The molecule has 33 heavy (non-hydrogen) atoms. The molecule has 6 heteroatoms. The molecule has 0 aliphatic heterocycles. The summed E-state index contributed by atoms with van der Waals surface area (Å²) in [7, 11) is 0. The first kappa shape index (κ1) is 27.5. The fourth-order valence-electron chi connectivity index (χ4n) is 4.55. The number of esters is 1. The predicted molar refractivity (Wildman–Crippen MR) is 128 cm³/mol. The Bertz CT molecular complexity index is 672. The molecule has 4 N–H and O–H groups in total. The van der Waals surface area contributed by atoms with E-state index < -0.39 is 5.92 Å². The summed E-state index contributed by atoms with van der Waals surface area (Å²) in [5, 5.41) is 38.8. The predicted octanol–water partition coefficient (Wildman–Crippen LogP) is 3.41. The Labute approximate surface area is 198 Å². The first-order chi connectivity index (χ1) is 16.0. The summed E-state index contributed by atoms with van der Waals surface area (Å²) in [5.74, 6) is -0.0459. The molecule has 0 aromatic heterocycles. The van der Waals surface area contributed by atoms with Gasteiger partial charge in [-0.3, -0.25) is 4.79 Å². The number of hydrogen-bond donors (Lipinski definition) is 4. The van der Waals surface area contributed by atoms with E-state index in [1.165, 1.54) is 5.56 Å². The van der Waals surface area contributed by atoms with Crippen LogP contribution in [0.2, 0.25) is 0 Å². The average Bonchev–Trinajstić information content (AvgIpc) is 3.19.